The molecule has 0 aliphatic rings. The number of rotatable bonds is 0. The monoisotopic (exact) mass is 293 g/mol. The summed E-state index contributed by atoms with van der Waals surface area (Å²) in [6.45, 7) is 0. The molecule has 0 aliphatic heterocycles. The molecule has 23 heavy (non-hydrogen) atoms. The summed E-state index contributed by atoms with van der Waals surface area (Å²) in [6.07, 6.45) is 0. The van der Waals surface area contributed by atoms with Crippen LogP contribution >= 0.6 is 0 Å². The zero-order valence-electron chi connectivity index (χ0n) is 12.4. The van der Waals surface area contributed by atoms with E-state index in [4.69, 9.17) is 0 Å². The fraction of sp³-hybridized carbons (Fsp3) is 0. The van der Waals surface area contributed by atoms with Crippen LogP contribution in [-0.4, -0.2) is 0 Å². The first-order chi connectivity index (χ1) is 11.3. The Kier molecular flexibility index (Phi) is 2.42. The fourth-order valence-electron chi connectivity index (χ4n) is 3.74. The molecule has 5 rings (SSSR count). The first-order valence-corrected chi connectivity index (χ1v) is 7.76. The van der Waals surface area contributed by atoms with Crippen molar-refractivity contribution in [1.29, 1.82) is 0 Å². The molecule has 0 heterocycles. The Morgan fingerprint density at radius 2 is 1.09 bits per heavy atom. The molecule has 107 valence electrons. The smallest absolute Gasteiger partial charge is 0.187 e. The second kappa shape index (κ2) is 4.47. The molecule has 0 spiro atoms. The Morgan fingerprint density at radius 1 is 0.435 bits per heavy atom. The van der Waals surface area contributed by atoms with Gasteiger partial charge in [0.1, 0.15) is 0 Å². The Bertz CT molecular complexity index is 1220. The summed E-state index contributed by atoms with van der Waals surface area (Å²) in [5.41, 5.74) is 0. The summed E-state index contributed by atoms with van der Waals surface area (Å²) in [6, 6.07) is 26.5. The summed E-state index contributed by atoms with van der Waals surface area (Å²) < 4.78 is 0. The van der Waals surface area contributed by atoms with Crippen molar-refractivity contribution in [3.8, 4) is 5.75 Å². The lowest BCUT2D eigenvalue weighted by Gasteiger charge is -2.12. The van der Waals surface area contributed by atoms with E-state index in [9.17, 15) is 5.11 Å². The minimum atomic E-state index is 0.0912. The lowest BCUT2D eigenvalue weighted by atomic mass is 9.91. The van der Waals surface area contributed by atoms with Crippen LogP contribution < -0.4 is 0 Å². The minimum Gasteiger partial charge on any atom is -0.289 e. The number of hydrogen-bond donors (Lipinski definition) is 0. The van der Waals surface area contributed by atoms with Crippen LogP contribution in [0.5, 0.6) is 5.75 Å². The Balaban J connectivity index is 2.25. The van der Waals surface area contributed by atoms with Crippen molar-refractivity contribution >= 4 is 43.1 Å². The quantitative estimate of drug-likeness (QED) is 0.293. The number of benzene rings is 5. The van der Waals surface area contributed by atoms with Crippen molar-refractivity contribution in [2.24, 2.45) is 0 Å². The molecule has 1 nitrogen and oxygen atoms in total. The molecule has 0 aromatic heterocycles. The molecule has 0 unspecified atom stereocenters. The van der Waals surface area contributed by atoms with E-state index in [0.29, 0.717) is 0 Å². The SMILES string of the molecule is [O]c1cccc2c3ccccc3c3c4ccccc4ccc3c12. The van der Waals surface area contributed by atoms with Crippen LogP contribution in [0.25, 0.3) is 43.1 Å². The maximum atomic E-state index is 12.6. The molecule has 0 saturated heterocycles. The number of fused-ring (bicyclic) bond motifs is 8. The highest BCUT2D eigenvalue weighted by Crippen LogP contribution is 2.41. The van der Waals surface area contributed by atoms with Crippen LogP contribution in [0.3, 0.4) is 0 Å². The van der Waals surface area contributed by atoms with E-state index in [-0.39, 0.29) is 5.75 Å². The van der Waals surface area contributed by atoms with Crippen molar-refractivity contribution in [1.82, 2.24) is 0 Å². The third kappa shape index (κ3) is 1.62. The van der Waals surface area contributed by atoms with Gasteiger partial charge in [-0.15, -0.1) is 0 Å². The second-order valence-corrected chi connectivity index (χ2v) is 5.93. The predicted octanol–water partition coefficient (Wildman–Crippen LogP) is 6.44. The lowest BCUT2D eigenvalue weighted by Crippen LogP contribution is -1.85. The van der Waals surface area contributed by atoms with Crippen LogP contribution in [0, 0.1) is 0 Å². The zero-order chi connectivity index (χ0) is 15.4. The third-order valence-electron chi connectivity index (χ3n) is 4.71. The molecule has 0 fully saturated rings. The minimum absolute atomic E-state index is 0.0912. The third-order valence-corrected chi connectivity index (χ3v) is 4.71. The van der Waals surface area contributed by atoms with Gasteiger partial charge in [-0.2, -0.15) is 0 Å². The van der Waals surface area contributed by atoms with Gasteiger partial charge in [0.2, 0.25) is 0 Å². The average molecular weight is 293 g/mol. The van der Waals surface area contributed by atoms with Crippen molar-refractivity contribution in [3.05, 3.63) is 78.9 Å². The molecule has 0 atom stereocenters. The second-order valence-electron chi connectivity index (χ2n) is 5.93. The van der Waals surface area contributed by atoms with Gasteiger partial charge in [-0.1, -0.05) is 72.8 Å². The highest BCUT2D eigenvalue weighted by Gasteiger charge is 2.13. The largest absolute Gasteiger partial charge is 0.289 e. The van der Waals surface area contributed by atoms with Crippen LogP contribution in [0.15, 0.2) is 78.9 Å². The van der Waals surface area contributed by atoms with Crippen molar-refractivity contribution in [3.63, 3.8) is 0 Å². The summed E-state index contributed by atoms with van der Waals surface area (Å²) in [5, 5.41) is 21.4. The molecule has 1 radical (unpaired) electrons. The molecule has 0 aliphatic carbocycles. The first-order valence-electron chi connectivity index (χ1n) is 7.76. The summed E-state index contributed by atoms with van der Waals surface area (Å²) in [5.74, 6) is 0.0912. The molecular formula is C22H13O. The van der Waals surface area contributed by atoms with Crippen molar-refractivity contribution in [2.45, 2.75) is 0 Å². The van der Waals surface area contributed by atoms with Crippen LogP contribution in [0.4, 0.5) is 0 Å². The van der Waals surface area contributed by atoms with Gasteiger partial charge in [-0.05, 0) is 43.8 Å². The maximum Gasteiger partial charge on any atom is 0.187 e. The van der Waals surface area contributed by atoms with Gasteiger partial charge in [0.15, 0.2) is 5.75 Å². The van der Waals surface area contributed by atoms with Crippen LogP contribution in [-0.2, 0) is 5.11 Å². The Labute approximate surface area is 133 Å². The van der Waals surface area contributed by atoms with E-state index >= 15 is 0 Å². The van der Waals surface area contributed by atoms with Gasteiger partial charge in [0.05, 0.1) is 0 Å². The molecular weight excluding hydrogens is 280 g/mol. The summed E-state index contributed by atoms with van der Waals surface area (Å²) in [7, 11) is 0. The standard InChI is InChI=1S/C22H13O/c23-20-11-5-10-18-16-8-3-4-9-17(16)21-15-7-2-1-6-14(15)12-13-19(21)22(18)20/h1-13H. The van der Waals surface area contributed by atoms with Crippen molar-refractivity contribution in [2.75, 3.05) is 0 Å². The van der Waals surface area contributed by atoms with E-state index < -0.39 is 0 Å². The summed E-state index contributed by atoms with van der Waals surface area (Å²) >= 11 is 0. The molecule has 0 N–H and O–H groups in total. The normalized spacial score (nSPS) is 11.7. The summed E-state index contributed by atoms with van der Waals surface area (Å²) in [4.78, 5) is 0. The highest BCUT2D eigenvalue weighted by molar-refractivity contribution is 6.32. The molecule has 0 amide bonds. The molecule has 1 heteroatoms. The van der Waals surface area contributed by atoms with E-state index in [1.54, 1.807) is 6.07 Å². The predicted molar refractivity (Wildman–Crippen MR) is 96.6 cm³/mol. The van der Waals surface area contributed by atoms with E-state index in [0.717, 1.165) is 21.5 Å². The Morgan fingerprint density at radius 3 is 1.96 bits per heavy atom. The van der Waals surface area contributed by atoms with Gasteiger partial charge in [-0.3, -0.25) is 5.11 Å². The molecule has 5 aromatic rings. The highest BCUT2D eigenvalue weighted by atomic mass is 16.3. The lowest BCUT2D eigenvalue weighted by molar-refractivity contribution is 0.360. The van der Waals surface area contributed by atoms with E-state index in [1.807, 2.05) is 18.2 Å². The zero-order valence-corrected chi connectivity index (χ0v) is 12.4. The van der Waals surface area contributed by atoms with Crippen LogP contribution in [0.1, 0.15) is 0 Å². The van der Waals surface area contributed by atoms with Gasteiger partial charge in [0.25, 0.3) is 0 Å². The first kappa shape index (κ1) is 12.5. The average Bonchev–Trinajstić information content (AvgIpc) is 2.61. The molecule has 0 saturated carbocycles. The van der Waals surface area contributed by atoms with E-state index in [1.165, 1.54) is 21.5 Å². The van der Waals surface area contributed by atoms with Gasteiger partial charge >= 0.3 is 0 Å². The van der Waals surface area contributed by atoms with E-state index in [2.05, 4.69) is 54.6 Å². The van der Waals surface area contributed by atoms with Crippen LogP contribution in [0.2, 0.25) is 0 Å². The van der Waals surface area contributed by atoms with Gasteiger partial charge in [-0.25, -0.2) is 0 Å². The number of hydrogen-bond acceptors (Lipinski definition) is 0. The molecule has 0 bridgehead atoms. The Hall–Kier alpha value is -3.06. The fourth-order valence-corrected chi connectivity index (χ4v) is 3.74. The maximum absolute atomic E-state index is 12.6. The van der Waals surface area contributed by atoms with Gasteiger partial charge in [0, 0.05) is 5.39 Å². The van der Waals surface area contributed by atoms with Gasteiger partial charge < -0.3 is 0 Å². The topological polar surface area (TPSA) is 19.9 Å². The molecule has 5 aromatic carbocycles. The van der Waals surface area contributed by atoms with Crippen molar-refractivity contribution < 1.29 is 5.11 Å².